The normalized spacial score (nSPS) is 10.5. The molecule has 0 aliphatic carbocycles. The molecule has 0 saturated heterocycles. The van der Waals surface area contributed by atoms with Crippen molar-refractivity contribution in [2.75, 3.05) is 0 Å². The number of nitrogens with zero attached hydrogens (tertiary/aromatic N) is 5. The molecule has 100 valence electrons. The van der Waals surface area contributed by atoms with Crippen LogP contribution in [-0.4, -0.2) is 35.6 Å². The van der Waals surface area contributed by atoms with E-state index in [9.17, 15) is 14.9 Å². The van der Waals surface area contributed by atoms with Crippen LogP contribution in [0.3, 0.4) is 0 Å². The van der Waals surface area contributed by atoms with Crippen LogP contribution in [0.5, 0.6) is 0 Å². The first-order valence-corrected chi connectivity index (χ1v) is 5.50. The van der Waals surface area contributed by atoms with Crippen molar-refractivity contribution in [1.82, 2.24) is 19.6 Å². The molecule has 0 aromatic carbocycles. The van der Waals surface area contributed by atoms with E-state index < -0.39 is 10.9 Å². The summed E-state index contributed by atoms with van der Waals surface area (Å²) in [6.07, 6.45) is 6.15. The zero-order chi connectivity index (χ0) is 13.8. The number of aliphatic carboxylic acids is 1. The summed E-state index contributed by atoms with van der Waals surface area (Å²) in [4.78, 5) is 20.4. The highest BCUT2D eigenvalue weighted by atomic mass is 16.6. The quantitative estimate of drug-likeness (QED) is 0.611. The van der Waals surface area contributed by atoms with Crippen molar-refractivity contribution >= 4 is 11.7 Å². The molecular weight excluding hydrogens is 254 g/mol. The number of aryl methyl sites for hydroxylation is 1. The second-order valence-corrected chi connectivity index (χ2v) is 3.86. The second-order valence-electron chi connectivity index (χ2n) is 3.86. The summed E-state index contributed by atoms with van der Waals surface area (Å²) in [6, 6.07) is 0. The van der Waals surface area contributed by atoms with Gasteiger partial charge in [-0.05, 0) is 6.42 Å². The summed E-state index contributed by atoms with van der Waals surface area (Å²) >= 11 is 0. The Balaban J connectivity index is 2.03. The SMILES string of the molecule is O=C(O)CCCn1cc(-n2cc([N+](=O)[O-])cn2)cn1. The molecule has 2 heterocycles. The molecule has 0 spiro atoms. The molecule has 0 amide bonds. The summed E-state index contributed by atoms with van der Waals surface area (Å²) in [5.41, 5.74) is 0.488. The molecule has 0 aliphatic rings. The van der Waals surface area contributed by atoms with Crippen molar-refractivity contribution in [3.05, 3.63) is 34.9 Å². The van der Waals surface area contributed by atoms with Crippen LogP contribution < -0.4 is 0 Å². The Morgan fingerprint density at radius 1 is 1.37 bits per heavy atom. The fraction of sp³-hybridized carbons (Fsp3) is 0.300. The molecule has 0 bridgehead atoms. The molecule has 2 aromatic heterocycles. The maximum atomic E-state index is 10.5. The number of carboxylic acids is 1. The van der Waals surface area contributed by atoms with E-state index in [0.29, 0.717) is 18.7 Å². The minimum atomic E-state index is -0.852. The highest BCUT2D eigenvalue weighted by molar-refractivity contribution is 5.66. The fourth-order valence-electron chi connectivity index (χ4n) is 1.53. The van der Waals surface area contributed by atoms with Crippen molar-refractivity contribution in [1.29, 1.82) is 0 Å². The first-order chi connectivity index (χ1) is 9.06. The van der Waals surface area contributed by atoms with Gasteiger partial charge in [0.05, 0.1) is 17.3 Å². The average molecular weight is 265 g/mol. The van der Waals surface area contributed by atoms with Crippen molar-refractivity contribution in [3.63, 3.8) is 0 Å². The Hall–Kier alpha value is -2.71. The molecular formula is C10H11N5O4. The molecule has 0 unspecified atom stereocenters. The smallest absolute Gasteiger partial charge is 0.307 e. The lowest BCUT2D eigenvalue weighted by Gasteiger charge is -1.98. The fourth-order valence-corrected chi connectivity index (χ4v) is 1.53. The Morgan fingerprint density at radius 3 is 2.79 bits per heavy atom. The summed E-state index contributed by atoms with van der Waals surface area (Å²) in [5, 5.41) is 26.9. The van der Waals surface area contributed by atoms with Crippen LogP contribution in [-0.2, 0) is 11.3 Å². The predicted molar refractivity (Wildman–Crippen MR) is 62.9 cm³/mol. The highest BCUT2D eigenvalue weighted by Crippen LogP contribution is 2.12. The van der Waals surface area contributed by atoms with E-state index >= 15 is 0 Å². The van der Waals surface area contributed by atoms with Crippen LogP contribution in [0.25, 0.3) is 5.69 Å². The van der Waals surface area contributed by atoms with Gasteiger partial charge in [0.1, 0.15) is 18.1 Å². The maximum Gasteiger partial charge on any atom is 0.307 e. The van der Waals surface area contributed by atoms with Crippen molar-refractivity contribution in [3.8, 4) is 5.69 Å². The molecule has 9 heteroatoms. The van der Waals surface area contributed by atoms with Gasteiger partial charge >= 0.3 is 11.7 Å². The Kier molecular flexibility index (Phi) is 3.55. The highest BCUT2D eigenvalue weighted by Gasteiger charge is 2.11. The van der Waals surface area contributed by atoms with Gasteiger partial charge < -0.3 is 5.11 Å². The Labute approximate surface area is 107 Å². The number of nitro groups is 1. The van der Waals surface area contributed by atoms with Crippen LogP contribution >= 0.6 is 0 Å². The molecule has 0 atom stereocenters. The van der Waals surface area contributed by atoms with Gasteiger partial charge in [-0.25, -0.2) is 4.68 Å². The van der Waals surface area contributed by atoms with E-state index in [1.807, 2.05) is 0 Å². The number of hydrogen-bond donors (Lipinski definition) is 1. The van der Waals surface area contributed by atoms with Gasteiger partial charge in [0.25, 0.3) is 0 Å². The number of hydrogen-bond acceptors (Lipinski definition) is 5. The van der Waals surface area contributed by atoms with Gasteiger partial charge in [-0.3, -0.25) is 19.6 Å². The first kappa shape index (κ1) is 12.7. The van der Waals surface area contributed by atoms with Gasteiger partial charge in [-0.2, -0.15) is 10.2 Å². The van der Waals surface area contributed by atoms with Gasteiger partial charge in [0.15, 0.2) is 0 Å². The van der Waals surface area contributed by atoms with Gasteiger partial charge in [-0.15, -0.1) is 0 Å². The molecule has 1 N–H and O–H groups in total. The van der Waals surface area contributed by atoms with Crippen molar-refractivity contribution in [2.24, 2.45) is 0 Å². The first-order valence-electron chi connectivity index (χ1n) is 5.50. The van der Waals surface area contributed by atoms with Crippen LogP contribution in [0.4, 0.5) is 5.69 Å². The van der Waals surface area contributed by atoms with Crippen molar-refractivity contribution < 1.29 is 14.8 Å². The molecule has 19 heavy (non-hydrogen) atoms. The van der Waals surface area contributed by atoms with Gasteiger partial charge in [0, 0.05) is 13.0 Å². The monoisotopic (exact) mass is 265 g/mol. The lowest BCUT2D eigenvalue weighted by atomic mass is 10.3. The molecule has 9 nitrogen and oxygen atoms in total. The molecule has 0 fully saturated rings. The number of rotatable bonds is 6. The summed E-state index contributed by atoms with van der Waals surface area (Å²) < 4.78 is 2.92. The molecule has 0 radical (unpaired) electrons. The van der Waals surface area contributed by atoms with Crippen LogP contribution in [0.1, 0.15) is 12.8 Å². The van der Waals surface area contributed by atoms with E-state index in [1.54, 1.807) is 10.9 Å². The van der Waals surface area contributed by atoms with Gasteiger partial charge in [0.2, 0.25) is 0 Å². The standard InChI is InChI=1S/C10H11N5O4/c16-10(17)2-1-3-13-6-8(4-11-13)14-7-9(5-12-14)15(18)19/h4-7H,1-3H2,(H,16,17). The molecule has 2 aromatic rings. The third kappa shape index (κ3) is 3.15. The zero-order valence-electron chi connectivity index (χ0n) is 9.84. The van der Waals surface area contributed by atoms with Gasteiger partial charge in [-0.1, -0.05) is 0 Å². The minimum absolute atomic E-state index is 0.0719. The summed E-state index contributed by atoms with van der Waals surface area (Å²) in [5.74, 6) is -0.852. The second kappa shape index (κ2) is 5.29. The van der Waals surface area contributed by atoms with Crippen molar-refractivity contribution in [2.45, 2.75) is 19.4 Å². The third-order valence-corrected chi connectivity index (χ3v) is 2.44. The zero-order valence-corrected chi connectivity index (χ0v) is 9.84. The molecule has 2 rings (SSSR count). The number of carboxylic acid groups (broad SMARTS) is 1. The topological polar surface area (TPSA) is 116 Å². The average Bonchev–Trinajstić information content (AvgIpc) is 2.95. The Morgan fingerprint density at radius 2 is 2.16 bits per heavy atom. The number of aromatic nitrogens is 4. The summed E-state index contributed by atoms with van der Waals surface area (Å²) in [6.45, 7) is 0.468. The van der Waals surface area contributed by atoms with Crippen LogP contribution in [0.2, 0.25) is 0 Å². The van der Waals surface area contributed by atoms with E-state index in [-0.39, 0.29) is 12.1 Å². The molecule has 0 aliphatic heterocycles. The third-order valence-electron chi connectivity index (χ3n) is 2.44. The number of carbonyl (C=O) groups is 1. The molecule has 0 saturated carbocycles. The predicted octanol–water partition coefficient (Wildman–Crippen LogP) is 0.842. The minimum Gasteiger partial charge on any atom is -0.481 e. The van der Waals surface area contributed by atoms with E-state index in [0.717, 1.165) is 6.20 Å². The lowest BCUT2D eigenvalue weighted by Crippen LogP contribution is -2.02. The van der Waals surface area contributed by atoms with E-state index in [1.165, 1.54) is 17.1 Å². The largest absolute Gasteiger partial charge is 0.481 e. The van der Waals surface area contributed by atoms with E-state index in [2.05, 4.69) is 10.2 Å². The van der Waals surface area contributed by atoms with Crippen LogP contribution in [0.15, 0.2) is 24.8 Å². The maximum absolute atomic E-state index is 10.5. The van der Waals surface area contributed by atoms with E-state index in [4.69, 9.17) is 5.11 Å². The van der Waals surface area contributed by atoms with Crippen LogP contribution in [0, 0.1) is 10.1 Å². The lowest BCUT2D eigenvalue weighted by molar-refractivity contribution is -0.384. The summed E-state index contributed by atoms with van der Waals surface area (Å²) in [7, 11) is 0. The Bertz CT molecular complexity index is 603.